The van der Waals surface area contributed by atoms with Gasteiger partial charge in [0.2, 0.25) is 11.9 Å². The molecule has 0 saturated carbocycles. The minimum absolute atomic E-state index is 0.00421. The first-order valence-corrected chi connectivity index (χ1v) is 8.11. The number of nitrogens with zero attached hydrogens (tertiary/aromatic N) is 3. The topological polar surface area (TPSA) is 58.1 Å². The van der Waals surface area contributed by atoms with E-state index in [1.807, 2.05) is 31.2 Å². The molecule has 0 unspecified atom stereocenters. The van der Waals surface area contributed by atoms with E-state index < -0.39 is 0 Å². The standard InChI is InChI=1S/C17H19ClN4O/c1-12-8-9-19-17(20-12)22-10-4-5-13(11-22)16(23)21-15-7-3-2-6-14(15)18/h2-3,6-9,13H,4-5,10-11H2,1H3,(H,21,23)/t13-/m0/s1. The zero-order valence-corrected chi connectivity index (χ0v) is 13.8. The van der Waals surface area contributed by atoms with Gasteiger partial charge in [0, 0.05) is 25.0 Å². The van der Waals surface area contributed by atoms with E-state index in [9.17, 15) is 4.79 Å². The van der Waals surface area contributed by atoms with Crippen molar-refractivity contribution < 1.29 is 4.79 Å². The summed E-state index contributed by atoms with van der Waals surface area (Å²) < 4.78 is 0. The number of aromatic nitrogens is 2. The van der Waals surface area contributed by atoms with Crippen LogP contribution in [0.25, 0.3) is 0 Å². The van der Waals surface area contributed by atoms with E-state index in [4.69, 9.17) is 11.6 Å². The molecule has 1 amide bonds. The molecule has 6 heteroatoms. The number of anilines is 2. The largest absolute Gasteiger partial charge is 0.340 e. The Morgan fingerprint density at radius 3 is 2.96 bits per heavy atom. The van der Waals surface area contributed by atoms with Gasteiger partial charge in [-0.3, -0.25) is 4.79 Å². The van der Waals surface area contributed by atoms with Gasteiger partial charge in [0.15, 0.2) is 0 Å². The van der Waals surface area contributed by atoms with Crippen molar-refractivity contribution in [3.63, 3.8) is 0 Å². The average molecular weight is 331 g/mol. The molecule has 2 aromatic rings. The fraction of sp³-hybridized carbons (Fsp3) is 0.353. The number of para-hydroxylation sites is 1. The molecule has 3 rings (SSSR count). The second-order valence-corrected chi connectivity index (χ2v) is 6.16. The van der Waals surface area contributed by atoms with Crippen molar-refractivity contribution in [2.24, 2.45) is 5.92 Å². The number of halogens is 1. The predicted molar refractivity (Wildman–Crippen MR) is 91.8 cm³/mol. The van der Waals surface area contributed by atoms with E-state index in [2.05, 4.69) is 20.2 Å². The van der Waals surface area contributed by atoms with Gasteiger partial charge >= 0.3 is 0 Å². The van der Waals surface area contributed by atoms with Crippen molar-refractivity contribution >= 4 is 29.1 Å². The molecule has 1 N–H and O–H groups in total. The number of aryl methyl sites for hydroxylation is 1. The molecule has 0 bridgehead atoms. The van der Waals surface area contributed by atoms with E-state index in [0.717, 1.165) is 25.1 Å². The molecule has 0 spiro atoms. The van der Waals surface area contributed by atoms with Gasteiger partial charge in [0.25, 0.3) is 0 Å². The Morgan fingerprint density at radius 1 is 1.35 bits per heavy atom. The van der Waals surface area contributed by atoms with Crippen LogP contribution in [0.4, 0.5) is 11.6 Å². The quantitative estimate of drug-likeness (QED) is 0.938. The minimum atomic E-state index is -0.0934. The van der Waals surface area contributed by atoms with Gasteiger partial charge in [-0.1, -0.05) is 23.7 Å². The predicted octanol–water partition coefficient (Wildman–Crippen LogP) is 3.29. The molecule has 5 nitrogen and oxygen atoms in total. The number of hydrogen-bond acceptors (Lipinski definition) is 4. The number of amides is 1. The van der Waals surface area contributed by atoms with E-state index >= 15 is 0 Å². The maximum absolute atomic E-state index is 12.5. The highest BCUT2D eigenvalue weighted by Gasteiger charge is 2.27. The van der Waals surface area contributed by atoms with E-state index in [0.29, 0.717) is 23.2 Å². The van der Waals surface area contributed by atoms with Gasteiger partial charge in [-0.05, 0) is 38.0 Å². The second-order valence-electron chi connectivity index (χ2n) is 5.75. The van der Waals surface area contributed by atoms with Crippen LogP contribution in [0.2, 0.25) is 5.02 Å². The summed E-state index contributed by atoms with van der Waals surface area (Å²) in [6.07, 6.45) is 3.56. The molecule has 1 aliphatic heterocycles. The summed E-state index contributed by atoms with van der Waals surface area (Å²) in [7, 11) is 0. The fourth-order valence-corrected chi connectivity index (χ4v) is 2.94. The number of benzene rings is 1. The smallest absolute Gasteiger partial charge is 0.229 e. The lowest BCUT2D eigenvalue weighted by molar-refractivity contribution is -0.120. The molecule has 0 radical (unpaired) electrons. The fourth-order valence-electron chi connectivity index (χ4n) is 2.76. The maximum Gasteiger partial charge on any atom is 0.229 e. The zero-order valence-electron chi connectivity index (χ0n) is 13.0. The van der Waals surface area contributed by atoms with Crippen LogP contribution in [-0.4, -0.2) is 29.0 Å². The normalized spacial score (nSPS) is 17.8. The molecule has 1 aromatic heterocycles. The van der Waals surface area contributed by atoms with Crippen LogP contribution in [0.15, 0.2) is 36.5 Å². The average Bonchev–Trinajstić information content (AvgIpc) is 2.57. The molecule has 0 aliphatic carbocycles. The Morgan fingerprint density at radius 2 is 2.17 bits per heavy atom. The Kier molecular flexibility index (Phi) is 4.76. The third-order valence-electron chi connectivity index (χ3n) is 3.99. The number of carbonyl (C=O) groups is 1. The zero-order chi connectivity index (χ0) is 16.2. The van der Waals surface area contributed by atoms with Crippen molar-refractivity contribution in [2.45, 2.75) is 19.8 Å². The van der Waals surface area contributed by atoms with Crippen molar-refractivity contribution in [3.8, 4) is 0 Å². The van der Waals surface area contributed by atoms with Gasteiger partial charge in [0.1, 0.15) is 0 Å². The first-order valence-electron chi connectivity index (χ1n) is 7.73. The van der Waals surface area contributed by atoms with Crippen LogP contribution in [-0.2, 0) is 4.79 Å². The molecule has 1 aromatic carbocycles. The van der Waals surface area contributed by atoms with Crippen molar-refractivity contribution in [3.05, 3.63) is 47.2 Å². The highest BCUT2D eigenvalue weighted by molar-refractivity contribution is 6.33. The minimum Gasteiger partial charge on any atom is -0.340 e. The lowest BCUT2D eigenvalue weighted by Gasteiger charge is -2.32. The Balaban J connectivity index is 1.68. The molecular weight excluding hydrogens is 312 g/mol. The molecular formula is C17H19ClN4O. The molecule has 1 saturated heterocycles. The highest BCUT2D eigenvalue weighted by Crippen LogP contribution is 2.24. The van der Waals surface area contributed by atoms with Crippen LogP contribution in [0.1, 0.15) is 18.5 Å². The Bertz CT molecular complexity index is 706. The van der Waals surface area contributed by atoms with E-state index in [-0.39, 0.29) is 11.8 Å². The van der Waals surface area contributed by atoms with Gasteiger partial charge in [0.05, 0.1) is 16.6 Å². The summed E-state index contributed by atoms with van der Waals surface area (Å²) >= 11 is 6.10. The first kappa shape index (κ1) is 15.7. The molecule has 1 fully saturated rings. The first-order chi connectivity index (χ1) is 11.1. The van der Waals surface area contributed by atoms with Crippen LogP contribution in [0, 0.1) is 12.8 Å². The van der Waals surface area contributed by atoms with E-state index in [1.165, 1.54) is 0 Å². The van der Waals surface area contributed by atoms with Gasteiger partial charge in [-0.25, -0.2) is 9.97 Å². The second kappa shape index (κ2) is 6.96. The summed E-state index contributed by atoms with van der Waals surface area (Å²) in [6, 6.07) is 9.15. The summed E-state index contributed by atoms with van der Waals surface area (Å²) in [5, 5.41) is 3.48. The number of carbonyl (C=O) groups excluding carboxylic acids is 1. The van der Waals surface area contributed by atoms with Gasteiger partial charge in [-0.2, -0.15) is 0 Å². The lowest BCUT2D eigenvalue weighted by Crippen LogP contribution is -2.41. The number of rotatable bonds is 3. The molecule has 2 heterocycles. The summed E-state index contributed by atoms with van der Waals surface area (Å²) in [5.41, 5.74) is 1.58. The van der Waals surface area contributed by atoms with Crippen molar-refractivity contribution in [1.82, 2.24) is 9.97 Å². The number of piperidine rings is 1. The lowest BCUT2D eigenvalue weighted by atomic mass is 9.97. The van der Waals surface area contributed by atoms with Crippen molar-refractivity contribution in [2.75, 3.05) is 23.3 Å². The number of nitrogens with one attached hydrogen (secondary N) is 1. The third kappa shape index (κ3) is 3.79. The van der Waals surface area contributed by atoms with Gasteiger partial charge in [-0.15, -0.1) is 0 Å². The summed E-state index contributed by atoms with van der Waals surface area (Å²) in [4.78, 5) is 23.4. The SMILES string of the molecule is Cc1ccnc(N2CCC[C@H](C(=O)Nc3ccccc3Cl)C2)n1. The van der Waals surface area contributed by atoms with Crippen molar-refractivity contribution in [1.29, 1.82) is 0 Å². The maximum atomic E-state index is 12.5. The highest BCUT2D eigenvalue weighted by atomic mass is 35.5. The molecule has 1 atom stereocenters. The Labute approximate surface area is 140 Å². The summed E-state index contributed by atoms with van der Waals surface area (Å²) in [6.45, 7) is 3.44. The van der Waals surface area contributed by atoms with Crippen LogP contribution in [0.3, 0.4) is 0 Å². The molecule has 1 aliphatic rings. The third-order valence-corrected chi connectivity index (χ3v) is 4.32. The number of hydrogen-bond donors (Lipinski definition) is 1. The van der Waals surface area contributed by atoms with E-state index in [1.54, 1.807) is 12.3 Å². The van der Waals surface area contributed by atoms with Crippen LogP contribution < -0.4 is 10.2 Å². The Hall–Kier alpha value is -2.14. The van der Waals surface area contributed by atoms with Crippen LogP contribution >= 0.6 is 11.6 Å². The van der Waals surface area contributed by atoms with Gasteiger partial charge < -0.3 is 10.2 Å². The summed E-state index contributed by atoms with van der Waals surface area (Å²) in [5.74, 6) is 0.597. The monoisotopic (exact) mass is 330 g/mol. The van der Waals surface area contributed by atoms with Crippen LogP contribution in [0.5, 0.6) is 0 Å². The molecule has 23 heavy (non-hydrogen) atoms. The molecule has 120 valence electrons.